The Bertz CT molecular complexity index is 1240. The monoisotopic (exact) mass is 409 g/mol. The number of nitrogens with two attached hydrogens (primary N) is 2. The van der Waals surface area contributed by atoms with Crippen molar-refractivity contribution in [1.29, 1.82) is 0 Å². The van der Waals surface area contributed by atoms with Crippen molar-refractivity contribution < 1.29 is 14.3 Å². The molecule has 0 atom stereocenters. The number of amides is 1. The third-order valence-corrected chi connectivity index (χ3v) is 4.44. The van der Waals surface area contributed by atoms with Crippen molar-refractivity contribution >= 4 is 34.3 Å². The van der Waals surface area contributed by atoms with Crippen LogP contribution in [-0.4, -0.2) is 48.0 Å². The Morgan fingerprint density at radius 2 is 1.87 bits per heavy atom. The SMILES string of the molecule is CN(C(=O)O)c1c(N)nc(-c2nn(Cc3cncnc3)c3c(F)cccc23)nc1N. The summed E-state index contributed by atoms with van der Waals surface area (Å²) in [6.45, 7) is 0.211. The number of carboxylic acid groups (broad SMARTS) is 1. The summed E-state index contributed by atoms with van der Waals surface area (Å²) < 4.78 is 16.1. The standard InChI is InChI=1S/C18H16FN9O2/c1-27(18(29)30)14-15(20)24-17(25-16(14)21)12-10-3-2-4-11(19)13(10)28(26-12)7-9-5-22-8-23-6-9/h2-6,8H,7H2,1H3,(H,29,30)(H4,20,21,24,25). The fourth-order valence-electron chi connectivity index (χ4n) is 3.09. The van der Waals surface area contributed by atoms with Crippen LogP contribution >= 0.6 is 0 Å². The molecule has 4 rings (SSSR count). The van der Waals surface area contributed by atoms with E-state index in [0.717, 1.165) is 10.5 Å². The molecule has 1 amide bonds. The maximum atomic E-state index is 14.6. The molecule has 1 aromatic carbocycles. The Hall–Kier alpha value is -4.35. The summed E-state index contributed by atoms with van der Waals surface area (Å²) in [5.74, 6) is -0.714. The molecule has 0 saturated carbocycles. The molecule has 5 N–H and O–H groups in total. The molecule has 30 heavy (non-hydrogen) atoms. The number of fused-ring (bicyclic) bond motifs is 1. The van der Waals surface area contributed by atoms with Crippen molar-refractivity contribution in [3.05, 3.63) is 48.3 Å². The van der Waals surface area contributed by atoms with Gasteiger partial charge in [-0.3, -0.25) is 9.58 Å². The second kappa shape index (κ2) is 7.24. The van der Waals surface area contributed by atoms with E-state index in [4.69, 9.17) is 11.5 Å². The minimum absolute atomic E-state index is 0.0393. The van der Waals surface area contributed by atoms with Crippen LogP contribution in [0.5, 0.6) is 0 Å². The smallest absolute Gasteiger partial charge is 0.411 e. The Morgan fingerprint density at radius 3 is 2.50 bits per heavy atom. The van der Waals surface area contributed by atoms with Crippen molar-refractivity contribution in [3.63, 3.8) is 0 Å². The average molecular weight is 409 g/mol. The molecule has 0 saturated heterocycles. The lowest BCUT2D eigenvalue weighted by molar-refractivity contribution is 0.203. The third-order valence-electron chi connectivity index (χ3n) is 4.44. The molecule has 3 heterocycles. The van der Waals surface area contributed by atoms with Crippen molar-refractivity contribution in [2.45, 2.75) is 6.54 Å². The fraction of sp³-hybridized carbons (Fsp3) is 0.111. The van der Waals surface area contributed by atoms with Crippen LogP contribution in [0.15, 0.2) is 36.9 Å². The molecule has 11 nitrogen and oxygen atoms in total. The zero-order chi connectivity index (χ0) is 21.4. The Labute approximate surface area is 168 Å². The summed E-state index contributed by atoms with van der Waals surface area (Å²) in [5, 5.41) is 14.1. The predicted octanol–water partition coefficient (Wildman–Crippen LogP) is 1.75. The summed E-state index contributed by atoms with van der Waals surface area (Å²) >= 11 is 0. The number of benzene rings is 1. The minimum atomic E-state index is -1.27. The number of rotatable bonds is 4. The first-order chi connectivity index (χ1) is 14.4. The number of carbonyl (C=O) groups is 1. The Kier molecular flexibility index (Phi) is 4.58. The maximum Gasteiger partial charge on any atom is 0.411 e. The van der Waals surface area contributed by atoms with Gasteiger partial charge in [0, 0.05) is 30.4 Å². The number of aromatic nitrogens is 6. The first-order valence-corrected chi connectivity index (χ1v) is 8.65. The van der Waals surface area contributed by atoms with E-state index < -0.39 is 11.9 Å². The number of nitrogens with zero attached hydrogens (tertiary/aromatic N) is 7. The number of para-hydroxylation sites is 1. The fourth-order valence-corrected chi connectivity index (χ4v) is 3.09. The molecule has 0 aliphatic rings. The Balaban J connectivity index is 1.88. The molecule has 12 heteroatoms. The predicted molar refractivity (Wildman–Crippen MR) is 107 cm³/mol. The van der Waals surface area contributed by atoms with Crippen molar-refractivity contribution in [2.75, 3.05) is 23.4 Å². The molecule has 0 fully saturated rings. The zero-order valence-electron chi connectivity index (χ0n) is 15.7. The molecule has 152 valence electrons. The van der Waals surface area contributed by atoms with Gasteiger partial charge in [0.15, 0.2) is 17.5 Å². The normalized spacial score (nSPS) is 11.0. The van der Waals surface area contributed by atoms with Gasteiger partial charge < -0.3 is 16.6 Å². The van der Waals surface area contributed by atoms with E-state index >= 15 is 0 Å². The highest BCUT2D eigenvalue weighted by molar-refractivity contribution is 5.96. The van der Waals surface area contributed by atoms with Gasteiger partial charge in [0.2, 0.25) is 0 Å². The lowest BCUT2D eigenvalue weighted by Crippen LogP contribution is -2.26. The molecule has 4 aromatic rings. The molecule has 0 bridgehead atoms. The maximum absolute atomic E-state index is 14.6. The van der Waals surface area contributed by atoms with E-state index in [0.29, 0.717) is 5.39 Å². The van der Waals surface area contributed by atoms with Crippen LogP contribution in [0.4, 0.5) is 26.5 Å². The zero-order valence-corrected chi connectivity index (χ0v) is 15.7. The van der Waals surface area contributed by atoms with Gasteiger partial charge in [-0.05, 0) is 6.07 Å². The van der Waals surface area contributed by atoms with Crippen LogP contribution in [0.3, 0.4) is 0 Å². The van der Waals surface area contributed by atoms with Crippen LogP contribution in [0.2, 0.25) is 0 Å². The minimum Gasteiger partial charge on any atom is -0.465 e. The molecule has 0 aliphatic carbocycles. The summed E-state index contributed by atoms with van der Waals surface area (Å²) in [6, 6.07) is 4.53. The lowest BCUT2D eigenvalue weighted by atomic mass is 10.2. The molecule has 0 spiro atoms. The van der Waals surface area contributed by atoms with Crippen LogP contribution < -0.4 is 16.4 Å². The van der Waals surface area contributed by atoms with Crippen molar-refractivity contribution in [2.24, 2.45) is 0 Å². The van der Waals surface area contributed by atoms with E-state index in [9.17, 15) is 14.3 Å². The highest BCUT2D eigenvalue weighted by Gasteiger charge is 2.23. The molecule has 0 aliphatic heterocycles. The molecule has 3 aromatic heterocycles. The van der Waals surface area contributed by atoms with E-state index in [1.165, 1.54) is 30.2 Å². The number of anilines is 3. The topological polar surface area (TPSA) is 162 Å². The van der Waals surface area contributed by atoms with E-state index in [1.54, 1.807) is 18.5 Å². The van der Waals surface area contributed by atoms with Gasteiger partial charge in [-0.2, -0.15) is 5.10 Å². The van der Waals surface area contributed by atoms with E-state index in [1.807, 2.05) is 0 Å². The van der Waals surface area contributed by atoms with Crippen LogP contribution in [0.25, 0.3) is 22.4 Å². The van der Waals surface area contributed by atoms with Gasteiger partial charge in [0.1, 0.15) is 29.0 Å². The van der Waals surface area contributed by atoms with Gasteiger partial charge in [0.25, 0.3) is 0 Å². The summed E-state index contributed by atoms with van der Waals surface area (Å²) in [4.78, 5) is 28.3. The quantitative estimate of drug-likeness (QED) is 0.456. The first kappa shape index (κ1) is 19.0. The van der Waals surface area contributed by atoms with E-state index in [2.05, 4.69) is 25.0 Å². The number of hydrogen-bond donors (Lipinski definition) is 3. The van der Waals surface area contributed by atoms with Crippen LogP contribution in [-0.2, 0) is 6.54 Å². The largest absolute Gasteiger partial charge is 0.465 e. The van der Waals surface area contributed by atoms with Gasteiger partial charge in [-0.25, -0.2) is 29.1 Å². The molecule has 0 radical (unpaired) electrons. The summed E-state index contributed by atoms with van der Waals surface area (Å²) in [7, 11) is 1.27. The van der Waals surface area contributed by atoms with Gasteiger partial charge in [-0.15, -0.1) is 0 Å². The Morgan fingerprint density at radius 1 is 1.20 bits per heavy atom. The molecule has 0 unspecified atom stereocenters. The average Bonchev–Trinajstić information content (AvgIpc) is 3.07. The highest BCUT2D eigenvalue weighted by Crippen LogP contribution is 2.33. The number of halogens is 1. The van der Waals surface area contributed by atoms with Crippen molar-refractivity contribution in [3.8, 4) is 11.5 Å². The second-order valence-electron chi connectivity index (χ2n) is 6.40. The third kappa shape index (κ3) is 3.19. The number of nitrogen functional groups attached to an aromatic ring is 2. The summed E-state index contributed by atoms with van der Waals surface area (Å²) in [6.07, 6.45) is 3.33. The molecular formula is C18H16FN9O2. The first-order valence-electron chi connectivity index (χ1n) is 8.65. The van der Waals surface area contributed by atoms with Gasteiger partial charge >= 0.3 is 6.09 Å². The lowest BCUT2D eigenvalue weighted by Gasteiger charge is -2.16. The van der Waals surface area contributed by atoms with Gasteiger partial charge in [-0.1, -0.05) is 12.1 Å². The number of hydrogen-bond acceptors (Lipinski definition) is 8. The van der Waals surface area contributed by atoms with Crippen molar-refractivity contribution in [1.82, 2.24) is 29.7 Å². The van der Waals surface area contributed by atoms with Gasteiger partial charge in [0.05, 0.1) is 6.54 Å². The molecular weight excluding hydrogens is 393 g/mol. The summed E-state index contributed by atoms with van der Waals surface area (Å²) in [5.41, 5.74) is 13.1. The van der Waals surface area contributed by atoms with Crippen LogP contribution in [0, 0.1) is 5.82 Å². The highest BCUT2D eigenvalue weighted by atomic mass is 19.1. The van der Waals surface area contributed by atoms with E-state index in [-0.39, 0.29) is 40.9 Å². The second-order valence-corrected chi connectivity index (χ2v) is 6.40. The van der Waals surface area contributed by atoms with Crippen LogP contribution in [0.1, 0.15) is 5.56 Å².